The van der Waals surface area contributed by atoms with Crippen molar-refractivity contribution in [1.82, 2.24) is 20.0 Å². The minimum atomic E-state index is -0.222. The maximum Gasteiger partial charge on any atom is 0.251 e. The molecule has 2 unspecified atom stereocenters. The van der Waals surface area contributed by atoms with Gasteiger partial charge in [-0.25, -0.2) is 0 Å². The lowest BCUT2D eigenvalue weighted by Crippen LogP contribution is -2.56. The number of benzene rings is 1. The Hall–Kier alpha value is -2.12. The van der Waals surface area contributed by atoms with E-state index in [0.29, 0.717) is 12.6 Å². The number of aliphatic imine (C=N–C) groups is 1. The molecule has 29 heavy (non-hydrogen) atoms. The van der Waals surface area contributed by atoms with Crippen LogP contribution in [0.5, 0.6) is 0 Å². The standard InChI is InChI=1S/C22H35N5O2/c1-18(25(3)17-19-8-5-4-6-9-19)16-24-22(23-2)27-13-11-26(12-14-27)21(28)20-10-7-15-29-20/h4-6,8-9,18,20H,7,10-17H2,1-3H3,(H,23,24). The van der Waals surface area contributed by atoms with Gasteiger partial charge in [0.2, 0.25) is 0 Å². The lowest BCUT2D eigenvalue weighted by molar-refractivity contribution is -0.142. The van der Waals surface area contributed by atoms with E-state index in [2.05, 4.69) is 58.3 Å². The predicted octanol–water partition coefficient (Wildman–Crippen LogP) is 1.41. The van der Waals surface area contributed by atoms with Gasteiger partial charge in [0.05, 0.1) is 0 Å². The van der Waals surface area contributed by atoms with E-state index in [-0.39, 0.29) is 12.0 Å². The first-order valence-electron chi connectivity index (χ1n) is 10.7. The Morgan fingerprint density at radius 1 is 1.24 bits per heavy atom. The molecule has 2 atom stereocenters. The molecule has 0 aliphatic carbocycles. The fourth-order valence-electron chi connectivity index (χ4n) is 3.87. The number of nitrogens with zero attached hydrogens (tertiary/aromatic N) is 4. The van der Waals surface area contributed by atoms with Gasteiger partial charge in [-0.05, 0) is 32.4 Å². The van der Waals surface area contributed by atoms with Crippen LogP contribution in [0.2, 0.25) is 0 Å². The molecule has 7 heteroatoms. The van der Waals surface area contributed by atoms with Crippen LogP contribution in [-0.2, 0) is 16.1 Å². The summed E-state index contributed by atoms with van der Waals surface area (Å²) in [5.74, 6) is 1.07. The second-order valence-electron chi connectivity index (χ2n) is 7.99. The van der Waals surface area contributed by atoms with Gasteiger partial charge in [0.1, 0.15) is 6.10 Å². The van der Waals surface area contributed by atoms with Gasteiger partial charge >= 0.3 is 0 Å². The summed E-state index contributed by atoms with van der Waals surface area (Å²) in [5, 5.41) is 3.51. The number of likely N-dealkylation sites (N-methyl/N-ethyl adjacent to an activating group) is 1. The van der Waals surface area contributed by atoms with Crippen LogP contribution in [-0.4, -0.2) is 92.1 Å². The largest absolute Gasteiger partial charge is 0.368 e. The molecule has 2 heterocycles. The Morgan fingerprint density at radius 3 is 2.55 bits per heavy atom. The highest BCUT2D eigenvalue weighted by molar-refractivity contribution is 5.82. The molecule has 1 aromatic carbocycles. The van der Waals surface area contributed by atoms with Gasteiger partial charge in [-0.1, -0.05) is 30.3 Å². The lowest BCUT2D eigenvalue weighted by Gasteiger charge is -2.37. The number of rotatable bonds is 6. The highest BCUT2D eigenvalue weighted by atomic mass is 16.5. The highest BCUT2D eigenvalue weighted by Crippen LogP contribution is 2.16. The number of hydrogen-bond acceptors (Lipinski definition) is 4. The van der Waals surface area contributed by atoms with E-state index in [9.17, 15) is 4.79 Å². The van der Waals surface area contributed by atoms with Crippen LogP contribution in [0, 0.1) is 0 Å². The summed E-state index contributed by atoms with van der Waals surface area (Å²) in [6.45, 7) is 7.73. The molecule has 0 radical (unpaired) electrons. The number of guanidine groups is 1. The molecule has 1 amide bonds. The second-order valence-corrected chi connectivity index (χ2v) is 7.99. The van der Waals surface area contributed by atoms with Gasteiger partial charge in [0.25, 0.3) is 5.91 Å². The number of ether oxygens (including phenoxy) is 1. The quantitative estimate of drug-likeness (QED) is 0.577. The molecule has 3 rings (SSSR count). The Balaban J connectivity index is 1.42. The first-order chi connectivity index (χ1) is 14.1. The molecule has 1 aromatic rings. The fourth-order valence-corrected chi connectivity index (χ4v) is 3.87. The van der Waals surface area contributed by atoms with Crippen molar-refractivity contribution in [3.63, 3.8) is 0 Å². The summed E-state index contributed by atoms with van der Waals surface area (Å²) in [5.41, 5.74) is 1.32. The van der Waals surface area contributed by atoms with Gasteiger partial charge < -0.3 is 19.9 Å². The van der Waals surface area contributed by atoms with Crippen molar-refractivity contribution in [2.24, 2.45) is 4.99 Å². The number of carbonyl (C=O) groups excluding carboxylic acids is 1. The third-order valence-electron chi connectivity index (χ3n) is 5.89. The molecule has 2 aliphatic rings. The number of piperazine rings is 1. The molecule has 0 bridgehead atoms. The van der Waals surface area contributed by atoms with E-state index < -0.39 is 0 Å². The van der Waals surface area contributed by atoms with E-state index >= 15 is 0 Å². The fraction of sp³-hybridized carbons (Fsp3) is 0.636. The zero-order valence-corrected chi connectivity index (χ0v) is 18.0. The molecule has 2 saturated heterocycles. The molecule has 0 spiro atoms. The Labute approximate surface area is 174 Å². The van der Waals surface area contributed by atoms with E-state index in [1.165, 1.54) is 5.56 Å². The molecule has 1 N–H and O–H groups in total. The van der Waals surface area contributed by atoms with Crippen LogP contribution < -0.4 is 5.32 Å². The van der Waals surface area contributed by atoms with E-state index in [1.54, 1.807) is 0 Å². The van der Waals surface area contributed by atoms with Crippen molar-refractivity contribution >= 4 is 11.9 Å². The number of hydrogen-bond donors (Lipinski definition) is 1. The van der Waals surface area contributed by atoms with Gasteiger partial charge in [0.15, 0.2) is 5.96 Å². The molecular formula is C22H35N5O2. The predicted molar refractivity (Wildman–Crippen MR) is 116 cm³/mol. The minimum Gasteiger partial charge on any atom is -0.368 e. The van der Waals surface area contributed by atoms with Crippen molar-refractivity contribution in [2.45, 2.75) is 38.5 Å². The van der Waals surface area contributed by atoms with Crippen molar-refractivity contribution in [3.05, 3.63) is 35.9 Å². The molecule has 7 nitrogen and oxygen atoms in total. The van der Waals surface area contributed by atoms with Crippen LogP contribution in [0.15, 0.2) is 35.3 Å². The summed E-state index contributed by atoms with van der Waals surface area (Å²) in [7, 11) is 3.97. The van der Waals surface area contributed by atoms with Crippen molar-refractivity contribution in [1.29, 1.82) is 0 Å². The molecule has 2 aliphatic heterocycles. The van der Waals surface area contributed by atoms with Gasteiger partial charge in [0, 0.05) is 59.0 Å². The Kier molecular flexibility index (Phi) is 7.89. The molecule has 0 saturated carbocycles. The highest BCUT2D eigenvalue weighted by Gasteiger charge is 2.31. The topological polar surface area (TPSA) is 60.4 Å². The average Bonchev–Trinajstić information content (AvgIpc) is 3.29. The molecular weight excluding hydrogens is 366 g/mol. The number of carbonyl (C=O) groups is 1. The molecule has 160 valence electrons. The van der Waals surface area contributed by atoms with Crippen LogP contribution in [0.4, 0.5) is 0 Å². The average molecular weight is 402 g/mol. The number of amides is 1. The first-order valence-corrected chi connectivity index (χ1v) is 10.7. The van der Waals surface area contributed by atoms with E-state index in [4.69, 9.17) is 4.74 Å². The molecule has 0 aromatic heterocycles. The van der Waals surface area contributed by atoms with E-state index in [0.717, 1.165) is 58.1 Å². The smallest absolute Gasteiger partial charge is 0.251 e. The third kappa shape index (κ3) is 5.93. The van der Waals surface area contributed by atoms with Crippen LogP contribution in [0.25, 0.3) is 0 Å². The van der Waals surface area contributed by atoms with Gasteiger partial charge in [-0.3, -0.25) is 14.7 Å². The van der Waals surface area contributed by atoms with Gasteiger partial charge in [-0.15, -0.1) is 0 Å². The van der Waals surface area contributed by atoms with Crippen molar-refractivity contribution in [2.75, 3.05) is 53.4 Å². The third-order valence-corrected chi connectivity index (χ3v) is 5.89. The first kappa shape index (κ1) is 21.6. The lowest BCUT2D eigenvalue weighted by atomic mass is 10.2. The second kappa shape index (κ2) is 10.6. The summed E-state index contributed by atoms with van der Waals surface area (Å²) in [6.07, 6.45) is 1.63. The van der Waals surface area contributed by atoms with Crippen LogP contribution >= 0.6 is 0 Å². The van der Waals surface area contributed by atoms with E-state index in [1.807, 2.05) is 18.0 Å². The molecule has 2 fully saturated rings. The monoisotopic (exact) mass is 401 g/mol. The van der Waals surface area contributed by atoms with Crippen molar-refractivity contribution < 1.29 is 9.53 Å². The number of nitrogens with one attached hydrogen (secondary N) is 1. The maximum atomic E-state index is 12.5. The van der Waals surface area contributed by atoms with Crippen molar-refractivity contribution in [3.8, 4) is 0 Å². The van der Waals surface area contributed by atoms with Gasteiger partial charge in [-0.2, -0.15) is 0 Å². The zero-order valence-electron chi connectivity index (χ0n) is 18.0. The summed E-state index contributed by atoms with van der Waals surface area (Å²) >= 11 is 0. The van der Waals surface area contributed by atoms with Crippen LogP contribution in [0.1, 0.15) is 25.3 Å². The maximum absolute atomic E-state index is 12.5. The summed E-state index contributed by atoms with van der Waals surface area (Å²) < 4.78 is 5.55. The zero-order chi connectivity index (χ0) is 20.6. The normalized spacial score (nSPS) is 21.5. The Morgan fingerprint density at radius 2 is 1.93 bits per heavy atom. The van der Waals surface area contributed by atoms with Crippen LogP contribution in [0.3, 0.4) is 0 Å². The summed E-state index contributed by atoms with van der Waals surface area (Å²) in [6, 6.07) is 10.9. The summed E-state index contributed by atoms with van der Waals surface area (Å²) in [4.78, 5) is 23.5. The SMILES string of the molecule is CN=C(NCC(C)N(C)Cc1ccccc1)N1CCN(C(=O)C2CCCO2)CC1. The Bertz CT molecular complexity index is 667. The minimum absolute atomic E-state index is 0.154.